The fourth-order valence-electron chi connectivity index (χ4n) is 8.46. The number of hydrogen-bond acceptors (Lipinski definition) is 13. The maximum absolute atomic E-state index is 8.50. The Balaban J connectivity index is 0.000000600. The summed E-state index contributed by atoms with van der Waals surface area (Å²) in [6, 6.07) is 68.8. The third-order valence-corrected chi connectivity index (χ3v) is 85.4. The van der Waals surface area contributed by atoms with Crippen LogP contribution in [0.2, 0.25) is 0 Å². The fourth-order valence-corrected chi connectivity index (χ4v) is 113. The van der Waals surface area contributed by atoms with E-state index in [1.54, 1.807) is 0 Å². The van der Waals surface area contributed by atoms with E-state index in [4.69, 9.17) is 72.2 Å². The topological polar surface area (TPSA) is 136 Å². The van der Waals surface area contributed by atoms with Gasteiger partial charge in [-0.25, -0.2) is 0 Å². The summed E-state index contributed by atoms with van der Waals surface area (Å²) in [6.45, 7) is 15.9. The summed E-state index contributed by atoms with van der Waals surface area (Å²) >= 11 is -33.8. The average Bonchev–Trinajstić information content (AvgIpc) is 3.61. The molecule has 2 saturated heterocycles. The molecule has 78 heavy (non-hydrogen) atoms. The Hall–Kier alpha value is -1.09. The minimum absolute atomic E-state index is 0.381. The van der Waals surface area contributed by atoms with Gasteiger partial charge in [-0.15, -0.1) is 0 Å². The molecule has 9 rings (SSSR count). The maximum atomic E-state index is 8.50. The second kappa shape index (κ2) is 29.1. The Morgan fingerprint density at radius 2 is 0.513 bits per heavy atom. The third-order valence-electron chi connectivity index (χ3n) is 11.3. The molecule has 4 atom stereocenters. The van der Waals surface area contributed by atoms with Gasteiger partial charge in [-0.05, 0) is 0 Å². The summed E-state index contributed by atoms with van der Waals surface area (Å²) < 4.78 is 109. The van der Waals surface area contributed by atoms with E-state index in [1.807, 2.05) is 268 Å². The standard InChI is InChI=1S/C48H58Ge6O11.C6H5Cl3Ge.GeO2/c1-39(2)55-49(43-27-15-9-16-28-43)59-50(56-40(3)4,44-29-17-10-18-30-44)62-54(48-37-25-14-26-38-48)64-52(58-42(7)8,46-33-21-12-22-34-46)60-51(57-41(5)6,45-31-19-11-20-32-45)63-53(61-49,65-54)47-35-23-13-24-36-47;7-10(8,9)6-4-2-1-3-5-6;2-1-3/h9-42H,1-8H3;1-5H;. The Labute approximate surface area is 500 Å². The van der Waals surface area contributed by atoms with Gasteiger partial charge in [0.05, 0.1) is 0 Å². The number of benzene rings is 7. The molecule has 0 saturated carbocycles. The van der Waals surface area contributed by atoms with E-state index in [2.05, 4.69) is 0 Å². The second-order valence-electron chi connectivity index (χ2n) is 18.9. The predicted molar refractivity (Wildman–Crippen MR) is 320 cm³/mol. The van der Waals surface area contributed by atoms with Crippen LogP contribution in [0.25, 0.3) is 0 Å². The minimum atomic E-state index is -5.51. The van der Waals surface area contributed by atoms with Crippen LogP contribution in [0.15, 0.2) is 212 Å². The van der Waals surface area contributed by atoms with Crippen LogP contribution in [0.5, 0.6) is 0 Å². The summed E-state index contributed by atoms with van der Waals surface area (Å²) in [5.74, 6) is 0. The second-order valence-corrected chi connectivity index (χ2v) is 76.2. The first-order valence-electron chi connectivity index (χ1n) is 25.3. The van der Waals surface area contributed by atoms with Gasteiger partial charge in [0.25, 0.3) is 0 Å². The predicted octanol–water partition coefficient (Wildman–Crippen LogP) is 7.84. The first-order valence-corrected chi connectivity index (χ1v) is 58.1. The third kappa shape index (κ3) is 16.2. The van der Waals surface area contributed by atoms with Crippen LogP contribution in [0.4, 0.5) is 0 Å². The molecule has 2 heterocycles. The Bertz CT molecular complexity index is 2680. The van der Waals surface area contributed by atoms with Crippen molar-refractivity contribution in [3.63, 3.8) is 0 Å². The van der Waals surface area contributed by atoms with Gasteiger partial charge < -0.3 is 0 Å². The van der Waals surface area contributed by atoms with E-state index in [0.29, 0.717) is 8.79 Å². The summed E-state index contributed by atoms with van der Waals surface area (Å²) in [6.07, 6.45) is -1.52. The molecule has 7 aromatic rings. The molecule has 2 aliphatic rings. The molecule has 4 unspecified atom stereocenters. The van der Waals surface area contributed by atoms with E-state index < -0.39 is 111 Å². The van der Waals surface area contributed by atoms with Crippen LogP contribution >= 0.6 is 30.0 Å². The fraction of sp³-hybridized carbons (Fsp3) is 0.222. The van der Waals surface area contributed by atoms with Crippen molar-refractivity contribution in [2.24, 2.45) is 0 Å². The van der Waals surface area contributed by atoms with E-state index in [0.717, 1.165) is 22.0 Å². The van der Waals surface area contributed by atoms with Crippen molar-refractivity contribution >= 4 is 172 Å². The quantitative estimate of drug-likeness (QED) is 0.0924. The molecule has 13 nitrogen and oxygen atoms in total. The molecule has 24 heteroatoms. The van der Waals surface area contributed by atoms with Crippen molar-refractivity contribution in [1.82, 2.24) is 0 Å². The van der Waals surface area contributed by atoms with Gasteiger partial charge in [-0.3, -0.25) is 0 Å². The Morgan fingerprint density at radius 3 is 0.692 bits per heavy atom. The van der Waals surface area contributed by atoms with Crippen LogP contribution in [0.1, 0.15) is 55.4 Å². The van der Waals surface area contributed by atoms with Gasteiger partial charge in [0, 0.05) is 0 Å². The van der Waals surface area contributed by atoms with Gasteiger partial charge in [-0.1, -0.05) is 0 Å². The summed E-state index contributed by atoms with van der Waals surface area (Å²) in [4.78, 5) is 0. The molecule has 0 spiro atoms. The van der Waals surface area contributed by atoms with Gasteiger partial charge >= 0.3 is 507 Å². The van der Waals surface area contributed by atoms with Crippen LogP contribution in [-0.2, 0) is 42.1 Å². The van der Waals surface area contributed by atoms with Crippen molar-refractivity contribution in [3.05, 3.63) is 212 Å². The van der Waals surface area contributed by atoms with Crippen molar-refractivity contribution in [1.29, 1.82) is 0 Å². The summed E-state index contributed by atoms with van der Waals surface area (Å²) in [7, 11) is 14.2. The summed E-state index contributed by atoms with van der Waals surface area (Å²) in [5.41, 5.74) is 0. The first kappa shape index (κ1) is 64.5. The zero-order valence-corrected chi connectivity index (χ0v) is 63.5. The Kier molecular flexibility index (Phi) is 24.1. The van der Waals surface area contributed by atoms with Crippen LogP contribution in [-0.4, -0.2) is 136 Å². The van der Waals surface area contributed by atoms with E-state index >= 15 is 0 Å². The molecule has 0 N–H and O–H groups in total. The average molecular weight is 1610 g/mol. The molecule has 410 valence electrons. The van der Waals surface area contributed by atoms with Gasteiger partial charge in [0.15, 0.2) is 0 Å². The molecular formula is C54H63Cl3Ge8O13. The van der Waals surface area contributed by atoms with E-state index in [9.17, 15) is 0 Å². The summed E-state index contributed by atoms with van der Waals surface area (Å²) in [5, 5.41) is 0. The van der Waals surface area contributed by atoms with E-state index in [-0.39, 0.29) is 24.4 Å². The number of hydrogen-bond donors (Lipinski definition) is 0. The molecule has 2 fully saturated rings. The molecule has 0 aromatic heterocycles. The van der Waals surface area contributed by atoms with Gasteiger partial charge in [0.2, 0.25) is 0 Å². The molecule has 7 aromatic carbocycles. The van der Waals surface area contributed by atoms with E-state index in [1.165, 1.54) is 0 Å². The monoisotopic (exact) mass is 1620 g/mol. The SMILES string of the molecule is CC(C)[O][Ge]1([c]2ccccc2)[O][Ge]([O]C(C)C)([c]2ccccc2)[O][Ge]2([c]3ccccc3)[O][Ge]([O]C(C)C)([c]3ccccc3)[O][Ge]([O]C(C)C)([c]3ccccc3)[O][Ge]([c]3ccccc3)([O]1)[O]2.[Cl][Ge]([Cl])([Cl])[c]1ccccc1.[O]=[Ge]=[O]. The first-order chi connectivity index (χ1) is 37.3. The molecule has 0 aliphatic carbocycles. The van der Waals surface area contributed by atoms with Crippen molar-refractivity contribution in [2.45, 2.75) is 79.8 Å². The Morgan fingerprint density at radius 1 is 0.321 bits per heavy atom. The molecule has 2 aliphatic heterocycles. The number of rotatable bonds is 15. The molecule has 0 amide bonds. The van der Waals surface area contributed by atoms with Crippen molar-refractivity contribution in [3.8, 4) is 0 Å². The van der Waals surface area contributed by atoms with Crippen LogP contribution < -0.4 is 30.8 Å². The zero-order valence-electron chi connectivity index (χ0n) is 44.5. The normalized spacial score (nSPS) is 25.3. The zero-order chi connectivity index (χ0) is 56.1. The number of fused-ring (bicyclic) bond motifs is 2. The van der Waals surface area contributed by atoms with Crippen LogP contribution in [0.3, 0.4) is 0 Å². The van der Waals surface area contributed by atoms with Crippen molar-refractivity contribution in [2.75, 3.05) is 0 Å². The molecule has 0 radical (unpaired) electrons. The van der Waals surface area contributed by atoms with Gasteiger partial charge in [-0.2, -0.15) is 0 Å². The van der Waals surface area contributed by atoms with Crippen molar-refractivity contribution < 1.29 is 42.1 Å². The molecule has 2 bridgehead atoms. The van der Waals surface area contributed by atoms with Gasteiger partial charge in [0.1, 0.15) is 0 Å². The number of halogens is 3. The van der Waals surface area contributed by atoms with Crippen LogP contribution in [0, 0.1) is 0 Å². The molecular weight excluding hydrogens is 1540 g/mol.